The van der Waals surface area contributed by atoms with Crippen molar-refractivity contribution in [3.8, 4) is 5.75 Å². The van der Waals surface area contributed by atoms with Crippen LogP contribution in [0.2, 0.25) is 5.02 Å². The van der Waals surface area contributed by atoms with Crippen molar-refractivity contribution in [2.24, 2.45) is 0 Å². The summed E-state index contributed by atoms with van der Waals surface area (Å²) >= 11 is 5.84. The highest BCUT2D eigenvalue weighted by atomic mass is 35.5. The van der Waals surface area contributed by atoms with Crippen LogP contribution >= 0.6 is 11.6 Å². The minimum atomic E-state index is 0.127. The molecule has 0 fully saturated rings. The molecule has 4 heteroatoms. The summed E-state index contributed by atoms with van der Waals surface area (Å²) in [6.45, 7) is 2.31. The zero-order chi connectivity index (χ0) is 10.6. The van der Waals surface area contributed by atoms with Gasteiger partial charge in [-0.1, -0.05) is 11.6 Å². The third-order valence-electron chi connectivity index (χ3n) is 1.70. The second-order valence-electron chi connectivity index (χ2n) is 2.61. The highest BCUT2D eigenvalue weighted by molar-refractivity contribution is 6.32. The Balaban J connectivity index is 2.94. The van der Waals surface area contributed by atoms with Crippen molar-refractivity contribution in [3.63, 3.8) is 0 Å². The van der Waals surface area contributed by atoms with Crippen LogP contribution < -0.4 is 4.74 Å². The molecule has 1 aromatic rings. The number of rotatable bonds is 3. The first-order valence-corrected chi connectivity index (χ1v) is 4.62. The van der Waals surface area contributed by atoms with Crippen molar-refractivity contribution >= 4 is 17.5 Å². The Kier molecular flexibility index (Phi) is 3.77. The molecule has 0 bridgehead atoms. The molecule has 76 valence electrons. The number of nitrogens with one attached hydrogen (secondary N) is 1. The van der Waals surface area contributed by atoms with Gasteiger partial charge in [0, 0.05) is 5.56 Å². The van der Waals surface area contributed by atoms with Gasteiger partial charge in [0.25, 0.3) is 0 Å². The lowest BCUT2D eigenvalue weighted by Gasteiger charge is -2.07. The van der Waals surface area contributed by atoms with Gasteiger partial charge in [0.2, 0.25) is 5.90 Å². The molecule has 0 spiro atoms. The van der Waals surface area contributed by atoms with Crippen LogP contribution in [0.15, 0.2) is 18.2 Å². The maximum atomic E-state index is 7.55. The second kappa shape index (κ2) is 4.86. The zero-order valence-corrected chi connectivity index (χ0v) is 8.89. The van der Waals surface area contributed by atoms with Crippen molar-refractivity contribution < 1.29 is 9.47 Å². The van der Waals surface area contributed by atoms with Crippen molar-refractivity contribution in [1.29, 1.82) is 5.41 Å². The molecule has 0 atom stereocenters. The highest BCUT2D eigenvalue weighted by Crippen LogP contribution is 2.25. The summed E-state index contributed by atoms with van der Waals surface area (Å²) in [5, 5.41) is 8.08. The van der Waals surface area contributed by atoms with E-state index in [1.165, 1.54) is 7.11 Å². The highest BCUT2D eigenvalue weighted by Gasteiger charge is 2.06. The maximum absolute atomic E-state index is 7.55. The number of ether oxygens (including phenoxy) is 2. The molecule has 1 rings (SSSR count). The van der Waals surface area contributed by atoms with Crippen molar-refractivity contribution in [3.05, 3.63) is 28.8 Å². The minimum absolute atomic E-state index is 0.127. The van der Waals surface area contributed by atoms with Gasteiger partial charge in [-0.15, -0.1) is 0 Å². The smallest absolute Gasteiger partial charge is 0.213 e. The van der Waals surface area contributed by atoms with E-state index in [1.807, 2.05) is 6.92 Å². The molecule has 0 aromatic heterocycles. The molecule has 1 N–H and O–H groups in total. The molecular weight excluding hydrogens is 202 g/mol. The van der Waals surface area contributed by atoms with Gasteiger partial charge in [-0.25, -0.2) is 0 Å². The molecule has 3 nitrogen and oxygen atoms in total. The SMILES string of the molecule is CCOC(=N)c1ccc(Cl)c(OC)c1. The summed E-state index contributed by atoms with van der Waals surface area (Å²) in [5.41, 5.74) is 0.660. The van der Waals surface area contributed by atoms with Gasteiger partial charge in [-0.05, 0) is 25.1 Å². The van der Waals surface area contributed by atoms with Crippen LogP contribution in [0.1, 0.15) is 12.5 Å². The van der Waals surface area contributed by atoms with Gasteiger partial charge in [-0.3, -0.25) is 5.41 Å². The lowest BCUT2D eigenvalue weighted by molar-refractivity contribution is 0.325. The molecule has 0 heterocycles. The van der Waals surface area contributed by atoms with Crippen molar-refractivity contribution in [1.82, 2.24) is 0 Å². The Morgan fingerprint density at radius 3 is 2.79 bits per heavy atom. The lowest BCUT2D eigenvalue weighted by atomic mass is 10.2. The quantitative estimate of drug-likeness (QED) is 0.620. The van der Waals surface area contributed by atoms with Gasteiger partial charge in [0.1, 0.15) is 5.75 Å². The first-order chi connectivity index (χ1) is 6.69. The van der Waals surface area contributed by atoms with Crippen LogP contribution in [0, 0.1) is 5.41 Å². The van der Waals surface area contributed by atoms with Gasteiger partial charge < -0.3 is 9.47 Å². The van der Waals surface area contributed by atoms with Crippen molar-refractivity contribution in [2.75, 3.05) is 13.7 Å². The van der Waals surface area contributed by atoms with Crippen molar-refractivity contribution in [2.45, 2.75) is 6.92 Å². The Labute approximate surface area is 88.1 Å². The third-order valence-corrected chi connectivity index (χ3v) is 2.01. The number of benzene rings is 1. The van der Waals surface area contributed by atoms with E-state index in [4.69, 9.17) is 26.5 Å². The number of methoxy groups -OCH3 is 1. The summed E-state index contributed by atoms with van der Waals surface area (Å²) in [4.78, 5) is 0. The molecule has 1 aromatic carbocycles. The van der Waals surface area contributed by atoms with E-state index >= 15 is 0 Å². The summed E-state index contributed by atoms with van der Waals surface area (Å²) in [6, 6.07) is 5.09. The number of hydrogen-bond acceptors (Lipinski definition) is 3. The van der Waals surface area contributed by atoms with Crippen LogP contribution in [-0.2, 0) is 4.74 Å². The molecular formula is C10H12ClNO2. The van der Waals surface area contributed by atoms with E-state index in [0.717, 1.165) is 0 Å². The van der Waals surface area contributed by atoms with Gasteiger partial charge in [0.05, 0.1) is 18.7 Å². The standard InChI is InChI=1S/C10H12ClNO2/c1-3-14-10(12)7-4-5-8(11)9(6-7)13-2/h4-6,12H,3H2,1-2H3. The summed E-state index contributed by atoms with van der Waals surface area (Å²) in [7, 11) is 1.54. The fourth-order valence-electron chi connectivity index (χ4n) is 1.03. The first-order valence-electron chi connectivity index (χ1n) is 4.24. The zero-order valence-electron chi connectivity index (χ0n) is 8.13. The van der Waals surface area contributed by atoms with Crippen LogP contribution in [0.4, 0.5) is 0 Å². The molecule has 0 aliphatic carbocycles. The normalized spacial score (nSPS) is 9.64. The molecule has 0 radical (unpaired) electrons. The molecule has 14 heavy (non-hydrogen) atoms. The summed E-state index contributed by atoms with van der Waals surface area (Å²) in [6.07, 6.45) is 0. The third kappa shape index (κ3) is 2.39. The Hall–Kier alpha value is -1.22. The number of hydrogen-bond donors (Lipinski definition) is 1. The minimum Gasteiger partial charge on any atom is -0.495 e. The fraction of sp³-hybridized carbons (Fsp3) is 0.300. The van der Waals surface area contributed by atoms with Crippen LogP contribution in [-0.4, -0.2) is 19.6 Å². The van der Waals surface area contributed by atoms with E-state index in [0.29, 0.717) is 22.9 Å². The lowest BCUT2D eigenvalue weighted by Crippen LogP contribution is -2.04. The molecule has 0 saturated heterocycles. The van der Waals surface area contributed by atoms with Gasteiger partial charge in [-0.2, -0.15) is 0 Å². The Morgan fingerprint density at radius 1 is 1.50 bits per heavy atom. The average molecular weight is 214 g/mol. The van der Waals surface area contributed by atoms with E-state index in [2.05, 4.69) is 0 Å². The average Bonchev–Trinajstić information content (AvgIpc) is 2.19. The largest absolute Gasteiger partial charge is 0.495 e. The molecule has 0 unspecified atom stereocenters. The van der Waals surface area contributed by atoms with Crippen LogP contribution in [0.25, 0.3) is 0 Å². The summed E-state index contributed by atoms with van der Waals surface area (Å²) < 4.78 is 10.1. The summed E-state index contributed by atoms with van der Waals surface area (Å²) in [5.74, 6) is 0.677. The van der Waals surface area contributed by atoms with Crippen LogP contribution in [0.5, 0.6) is 5.75 Å². The molecule has 0 aliphatic rings. The molecule has 0 aliphatic heterocycles. The Morgan fingerprint density at radius 2 is 2.21 bits per heavy atom. The monoisotopic (exact) mass is 213 g/mol. The van der Waals surface area contributed by atoms with Gasteiger partial charge >= 0.3 is 0 Å². The van der Waals surface area contributed by atoms with E-state index in [-0.39, 0.29) is 5.90 Å². The molecule has 0 amide bonds. The second-order valence-corrected chi connectivity index (χ2v) is 3.02. The predicted octanol–water partition coefficient (Wildman–Crippen LogP) is 2.71. The number of halogens is 1. The van der Waals surface area contributed by atoms with E-state index in [1.54, 1.807) is 18.2 Å². The van der Waals surface area contributed by atoms with E-state index in [9.17, 15) is 0 Å². The van der Waals surface area contributed by atoms with Crippen LogP contribution in [0.3, 0.4) is 0 Å². The Bertz CT molecular complexity index is 339. The van der Waals surface area contributed by atoms with E-state index < -0.39 is 0 Å². The molecule has 0 saturated carbocycles. The maximum Gasteiger partial charge on any atom is 0.213 e. The fourth-order valence-corrected chi connectivity index (χ4v) is 1.22. The predicted molar refractivity (Wildman–Crippen MR) is 56.5 cm³/mol. The van der Waals surface area contributed by atoms with Gasteiger partial charge in [0.15, 0.2) is 0 Å². The first kappa shape index (κ1) is 10.9. The topological polar surface area (TPSA) is 42.3 Å².